The molecule has 0 N–H and O–H groups in total. The molecule has 0 spiro atoms. The van der Waals surface area contributed by atoms with E-state index in [1.807, 2.05) is 0 Å². The fraction of sp³-hybridized carbons (Fsp3) is 0.745. The third-order valence-corrected chi connectivity index (χ3v) is 13.4. The van der Waals surface area contributed by atoms with E-state index < -0.39 is 0 Å². The van der Waals surface area contributed by atoms with Crippen LogP contribution in [0, 0.1) is 20.8 Å². The van der Waals surface area contributed by atoms with Gasteiger partial charge >= 0.3 is 0 Å². The van der Waals surface area contributed by atoms with Crippen LogP contribution >= 0.6 is 0 Å². The lowest BCUT2D eigenvalue weighted by molar-refractivity contribution is 0.307. The summed E-state index contributed by atoms with van der Waals surface area (Å²) in [4.78, 5) is 22.7. The summed E-state index contributed by atoms with van der Waals surface area (Å²) in [5.74, 6) is 0.967. The van der Waals surface area contributed by atoms with Crippen molar-refractivity contribution in [3.8, 4) is 5.75 Å². The lowest BCUT2D eigenvalue weighted by Gasteiger charge is -2.21. The Morgan fingerprint density at radius 2 is 0.600 bits per heavy atom. The molecule has 2 aromatic carbocycles. The summed E-state index contributed by atoms with van der Waals surface area (Å²) in [5, 5.41) is 2.32. The summed E-state index contributed by atoms with van der Waals surface area (Å²) in [6, 6.07) is 0. The van der Waals surface area contributed by atoms with E-state index in [2.05, 4.69) is 55.4 Å². The van der Waals surface area contributed by atoms with Gasteiger partial charge in [0, 0.05) is 10.9 Å². The first-order valence-corrected chi connectivity index (χ1v) is 26.0. The number of unbranched alkanes of at least 4 members (excludes halogenated alkanes) is 23. The number of aromatic nitrogens is 4. The summed E-state index contributed by atoms with van der Waals surface area (Å²) in [6.45, 7) is 19.0. The minimum Gasteiger partial charge on any atom is -0.492 e. The van der Waals surface area contributed by atoms with E-state index >= 15 is 0 Å². The Hall–Kier alpha value is -2.82. The molecule has 0 radical (unpaired) electrons. The molecule has 5 heteroatoms. The molecule has 0 saturated carbocycles. The first-order valence-electron chi connectivity index (χ1n) is 26.0. The molecule has 0 unspecified atom stereocenters. The van der Waals surface area contributed by atoms with Gasteiger partial charge in [0.05, 0.1) is 51.3 Å². The number of ether oxygens (including phenoxy) is 1. The Morgan fingerprint density at radius 1 is 0.300 bits per heavy atom. The number of nitrogens with zero attached hydrogens (tertiary/aromatic N) is 4. The van der Waals surface area contributed by atoms with Crippen molar-refractivity contribution in [2.24, 2.45) is 0 Å². The molecule has 0 atom stereocenters. The van der Waals surface area contributed by atoms with Crippen molar-refractivity contribution in [2.75, 3.05) is 6.61 Å². The molecule has 4 rings (SSSR count). The summed E-state index contributed by atoms with van der Waals surface area (Å²) < 4.78 is 7.01. The predicted molar refractivity (Wildman–Crippen MR) is 262 cm³/mol. The standard InChI is InChI=1S/C55H90N4O/c1-9-14-19-24-28-32-37-45-48(40-35-31-27-22-17-12-4)59-54-50-49(42(6)43(7)51(54)56-45)53-52(44(8)55(50)60-41-36-23-18-13-5)57-46(38-33-29-25-20-15-10-2)47(58-53)39-34-30-26-21-16-11-3/h9-41H2,1-8H3. The van der Waals surface area contributed by atoms with Crippen LogP contribution in [0.1, 0.15) is 254 Å². The lowest BCUT2D eigenvalue weighted by Crippen LogP contribution is -2.09. The Kier molecular flexibility index (Phi) is 23.8. The van der Waals surface area contributed by atoms with Crippen LogP contribution < -0.4 is 4.74 Å². The van der Waals surface area contributed by atoms with Crippen molar-refractivity contribution in [3.05, 3.63) is 39.5 Å². The average molecular weight is 823 g/mol. The Morgan fingerprint density at radius 3 is 0.983 bits per heavy atom. The number of rotatable bonds is 34. The molecule has 60 heavy (non-hydrogen) atoms. The van der Waals surface area contributed by atoms with Gasteiger partial charge in [0.2, 0.25) is 0 Å². The van der Waals surface area contributed by atoms with Gasteiger partial charge in [-0.05, 0) is 89.7 Å². The minimum absolute atomic E-state index is 0.707. The smallest absolute Gasteiger partial charge is 0.134 e. The van der Waals surface area contributed by atoms with E-state index in [1.54, 1.807) is 0 Å². The molecule has 2 heterocycles. The van der Waals surface area contributed by atoms with Crippen molar-refractivity contribution >= 4 is 32.8 Å². The van der Waals surface area contributed by atoms with Gasteiger partial charge < -0.3 is 4.74 Å². The van der Waals surface area contributed by atoms with Gasteiger partial charge in [0.1, 0.15) is 11.3 Å². The zero-order valence-corrected chi connectivity index (χ0v) is 40.5. The molecule has 2 aromatic heterocycles. The predicted octanol–water partition coefficient (Wildman–Crippen LogP) is 17.2. The monoisotopic (exact) mass is 823 g/mol. The number of hydrogen-bond acceptors (Lipinski definition) is 5. The quantitative estimate of drug-likeness (QED) is 0.0347. The average Bonchev–Trinajstić information content (AvgIpc) is 3.25. The molecule has 4 aromatic rings. The van der Waals surface area contributed by atoms with Crippen LogP contribution in [0.25, 0.3) is 32.8 Å². The van der Waals surface area contributed by atoms with E-state index in [4.69, 9.17) is 24.7 Å². The summed E-state index contributed by atoms with van der Waals surface area (Å²) >= 11 is 0. The van der Waals surface area contributed by atoms with Crippen LogP contribution in [0.15, 0.2) is 0 Å². The van der Waals surface area contributed by atoms with Crippen molar-refractivity contribution in [2.45, 2.75) is 261 Å². The second-order valence-electron chi connectivity index (χ2n) is 18.6. The second kappa shape index (κ2) is 28.7. The number of fused-ring (bicyclic) bond motifs is 5. The van der Waals surface area contributed by atoms with Crippen LogP contribution in [-0.4, -0.2) is 26.5 Å². The Bertz CT molecular complexity index is 1830. The highest BCUT2D eigenvalue weighted by Gasteiger charge is 2.25. The zero-order valence-electron chi connectivity index (χ0n) is 40.5. The highest BCUT2D eigenvalue weighted by Crippen LogP contribution is 2.43. The van der Waals surface area contributed by atoms with Gasteiger partial charge in [0.15, 0.2) is 0 Å². The first-order chi connectivity index (χ1) is 29.4. The van der Waals surface area contributed by atoms with Crippen molar-refractivity contribution in [1.82, 2.24) is 19.9 Å². The van der Waals surface area contributed by atoms with E-state index in [0.29, 0.717) is 6.61 Å². The largest absolute Gasteiger partial charge is 0.492 e. The zero-order chi connectivity index (χ0) is 43.0. The normalized spacial score (nSPS) is 11.9. The SMILES string of the molecule is CCCCCCCCc1nc2c(C)c(OCCCCCC)c3c4nc(CCCCCCCC)c(CCCCCCCC)nc4c(C)c(C)c3c2nc1CCCCCCCC. The summed E-state index contributed by atoms with van der Waals surface area (Å²) in [7, 11) is 0. The van der Waals surface area contributed by atoms with Crippen LogP contribution in [0.5, 0.6) is 5.75 Å². The van der Waals surface area contributed by atoms with Gasteiger partial charge in [-0.15, -0.1) is 0 Å². The van der Waals surface area contributed by atoms with Gasteiger partial charge in [-0.25, -0.2) is 19.9 Å². The minimum atomic E-state index is 0.707. The topological polar surface area (TPSA) is 60.8 Å². The van der Waals surface area contributed by atoms with Gasteiger partial charge in [0.25, 0.3) is 0 Å². The summed E-state index contributed by atoms with van der Waals surface area (Å²) in [6.07, 6.45) is 39.6. The molecule has 0 fully saturated rings. The van der Waals surface area contributed by atoms with Crippen molar-refractivity contribution in [3.63, 3.8) is 0 Å². The summed E-state index contributed by atoms with van der Waals surface area (Å²) in [5.41, 5.74) is 12.6. The second-order valence-corrected chi connectivity index (χ2v) is 18.6. The highest BCUT2D eigenvalue weighted by atomic mass is 16.5. The maximum atomic E-state index is 7.01. The molecule has 0 aliphatic rings. The molecular formula is C55H90N4O. The van der Waals surface area contributed by atoms with Crippen LogP contribution in [0.3, 0.4) is 0 Å². The molecular weight excluding hydrogens is 733 g/mol. The van der Waals surface area contributed by atoms with E-state index in [0.717, 1.165) is 70.9 Å². The number of hydrogen-bond donors (Lipinski definition) is 0. The maximum absolute atomic E-state index is 7.01. The van der Waals surface area contributed by atoms with E-state index in [1.165, 1.54) is 213 Å². The number of benzene rings is 2. The molecule has 336 valence electrons. The number of aryl methyl sites for hydroxylation is 7. The molecule has 5 nitrogen and oxygen atoms in total. The van der Waals surface area contributed by atoms with Gasteiger partial charge in [-0.1, -0.05) is 182 Å². The Labute approximate surface area is 368 Å². The maximum Gasteiger partial charge on any atom is 0.134 e. The van der Waals surface area contributed by atoms with Gasteiger partial charge in [-0.2, -0.15) is 0 Å². The fourth-order valence-electron chi connectivity index (χ4n) is 9.34. The molecule has 0 aliphatic carbocycles. The first kappa shape index (κ1) is 49.8. The Balaban J connectivity index is 1.90. The van der Waals surface area contributed by atoms with E-state index in [-0.39, 0.29) is 0 Å². The van der Waals surface area contributed by atoms with Crippen LogP contribution in [0.4, 0.5) is 0 Å². The van der Waals surface area contributed by atoms with Crippen molar-refractivity contribution in [1.29, 1.82) is 0 Å². The third kappa shape index (κ3) is 14.9. The third-order valence-electron chi connectivity index (χ3n) is 13.4. The van der Waals surface area contributed by atoms with Crippen LogP contribution in [-0.2, 0) is 25.7 Å². The van der Waals surface area contributed by atoms with Crippen molar-refractivity contribution < 1.29 is 4.74 Å². The fourth-order valence-corrected chi connectivity index (χ4v) is 9.34. The van der Waals surface area contributed by atoms with Crippen LogP contribution in [0.2, 0.25) is 0 Å². The van der Waals surface area contributed by atoms with Gasteiger partial charge in [-0.3, -0.25) is 0 Å². The molecule has 0 saturated heterocycles. The van der Waals surface area contributed by atoms with E-state index in [9.17, 15) is 0 Å². The highest BCUT2D eigenvalue weighted by molar-refractivity contribution is 6.20. The molecule has 0 bridgehead atoms. The molecule has 0 aliphatic heterocycles. The lowest BCUT2D eigenvalue weighted by atomic mass is 9.93. The molecule has 0 amide bonds.